The van der Waals surface area contributed by atoms with Gasteiger partial charge in [0.15, 0.2) is 0 Å². The number of aromatic nitrogens is 2. The fourth-order valence-electron chi connectivity index (χ4n) is 2.10. The lowest BCUT2D eigenvalue weighted by atomic mass is 10.2. The van der Waals surface area contributed by atoms with Crippen LogP contribution in [0.5, 0.6) is 11.5 Å². The molecule has 0 fully saturated rings. The number of hydrogen-bond acceptors (Lipinski definition) is 4. The van der Waals surface area contributed by atoms with E-state index in [0.29, 0.717) is 0 Å². The van der Waals surface area contributed by atoms with Gasteiger partial charge in [0, 0.05) is 0 Å². The summed E-state index contributed by atoms with van der Waals surface area (Å²) >= 11 is 0. The van der Waals surface area contributed by atoms with E-state index in [9.17, 15) is 19.8 Å². The van der Waals surface area contributed by atoms with E-state index in [1.165, 1.54) is 30.3 Å². The van der Waals surface area contributed by atoms with Crippen LogP contribution < -0.4 is 11.2 Å². The molecule has 6 nitrogen and oxygen atoms in total. The molecular formula is C14H10N2O4. The van der Waals surface area contributed by atoms with Crippen LogP contribution >= 0.6 is 0 Å². The summed E-state index contributed by atoms with van der Waals surface area (Å²) in [4.78, 5) is 26.9. The van der Waals surface area contributed by atoms with E-state index in [1.54, 1.807) is 12.1 Å². The Morgan fingerprint density at radius 3 is 2.35 bits per heavy atom. The number of nitrogens with one attached hydrogen (secondary N) is 1. The molecule has 3 rings (SSSR count). The number of phenols is 2. The molecule has 2 aromatic carbocycles. The van der Waals surface area contributed by atoms with Crippen LogP contribution in [0.1, 0.15) is 0 Å². The highest BCUT2D eigenvalue weighted by atomic mass is 16.3. The van der Waals surface area contributed by atoms with Crippen molar-refractivity contribution >= 4 is 10.9 Å². The molecule has 0 saturated carbocycles. The summed E-state index contributed by atoms with van der Waals surface area (Å²) in [5.74, 6) is -0.360. The smallest absolute Gasteiger partial charge is 0.333 e. The van der Waals surface area contributed by atoms with Gasteiger partial charge in [-0.15, -0.1) is 0 Å². The highest BCUT2D eigenvalue weighted by Gasteiger charge is 2.13. The maximum absolute atomic E-state index is 12.4. The maximum Gasteiger partial charge on any atom is 0.333 e. The minimum absolute atomic E-state index is 0.0779. The van der Waals surface area contributed by atoms with E-state index in [2.05, 4.69) is 4.98 Å². The van der Waals surface area contributed by atoms with Crippen molar-refractivity contribution in [2.24, 2.45) is 0 Å². The number of para-hydroxylation sites is 3. The predicted molar refractivity (Wildman–Crippen MR) is 73.5 cm³/mol. The number of fused-ring (bicyclic) bond motifs is 1. The largest absolute Gasteiger partial charge is 0.506 e. The van der Waals surface area contributed by atoms with E-state index in [-0.39, 0.29) is 28.1 Å². The van der Waals surface area contributed by atoms with E-state index in [0.717, 1.165) is 4.57 Å². The lowest BCUT2D eigenvalue weighted by Crippen LogP contribution is -2.33. The fourth-order valence-corrected chi connectivity index (χ4v) is 2.10. The van der Waals surface area contributed by atoms with Crippen molar-refractivity contribution in [1.82, 2.24) is 9.55 Å². The van der Waals surface area contributed by atoms with Gasteiger partial charge in [0.1, 0.15) is 11.5 Å². The van der Waals surface area contributed by atoms with Crippen molar-refractivity contribution in [2.45, 2.75) is 0 Å². The number of rotatable bonds is 1. The minimum atomic E-state index is -0.731. The van der Waals surface area contributed by atoms with Crippen molar-refractivity contribution in [3.63, 3.8) is 0 Å². The van der Waals surface area contributed by atoms with E-state index in [1.807, 2.05) is 0 Å². The van der Waals surface area contributed by atoms with Crippen LogP contribution in [-0.2, 0) is 0 Å². The van der Waals surface area contributed by atoms with Crippen LogP contribution in [-0.4, -0.2) is 19.8 Å². The highest BCUT2D eigenvalue weighted by molar-refractivity contribution is 5.83. The maximum atomic E-state index is 12.4. The van der Waals surface area contributed by atoms with Gasteiger partial charge in [0.25, 0.3) is 5.56 Å². The Bertz CT molecular complexity index is 924. The second-order valence-corrected chi connectivity index (χ2v) is 4.26. The zero-order valence-electron chi connectivity index (χ0n) is 10.2. The van der Waals surface area contributed by atoms with Gasteiger partial charge in [0.2, 0.25) is 0 Å². The molecule has 6 heteroatoms. The number of aromatic hydroxyl groups is 2. The van der Waals surface area contributed by atoms with Crippen LogP contribution in [0.2, 0.25) is 0 Å². The molecule has 3 N–H and O–H groups in total. The van der Waals surface area contributed by atoms with E-state index >= 15 is 0 Å². The molecule has 0 aliphatic heterocycles. The molecular weight excluding hydrogens is 260 g/mol. The summed E-state index contributed by atoms with van der Waals surface area (Å²) < 4.78 is 0.830. The topological polar surface area (TPSA) is 95.3 Å². The zero-order chi connectivity index (χ0) is 14.3. The molecule has 1 heterocycles. The van der Waals surface area contributed by atoms with Gasteiger partial charge < -0.3 is 15.2 Å². The number of aromatic amines is 1. The Balaban J connectivity index is 2.48. The van der Waals surface area contributed by atoms with Gasteiger partial charge in [-0.1, -0.05) is 18.2 Å². The van der Waals surface area contributed by atoms with E-state index in [4.69, 9.17) is 0 Å². The second-order valence-electron chi connectivity index (χ2n) is 4.26. The second kappa shape index (κ2) is 4.27. The summed E-state index contributed by atoms with van der Waals surface area (Å²) in [6, 6.07) is 10.4. The average Bonchev–Trinajstić information content (AvgIpc) is 2.42. The highest BCUT2D eigenvalue weighted by Crippen LogP contribution is 2.21. The Hall–Kier alpha value is -3.02. The minimum Gasteiger partial charge on any atom is -0.506 e. The van der Waals surface area contributed by atoms with Gasteiger partial charge in [-0.3, -0.25) is 4.79 Å². The van der Waals surface area contributed by atoms with Crippen molar-refractivity contribution in [3.8, 4) is 17.2 Å². The molecule has 1 aromatic heterocycles. The number of hydrogen-bond donors (Lipinski definition) is 3. The average molecular weight is 270 g/mol. The molecule has 3 aromatic rings. The molecule has 0 saturated heterocycles. The summed E-state index contributed by atoms with van der Waals surface area (Å²) in [7, 11) is 0. The lowest BCUT2D eigenvalue weighted by molar-refractivity contribution is 0.471. The molecule has 0 radical (unpaired) electrons. The van der Waals surface area contributed by atoms with Crippen molar-refractivity contribution in [1.29, 1.82) is 0 Å². The first kappa shape index (κ1) is 12.0. The standard InChI is InChI=1S/C14H10N2O4/c17-10-6-2-1-5-9(10)16-13(19)8-4-3-7-11(18)12(8)15-14(16)20/h1-7,17-18H,(H,15,20). The summed E-state index contributed by atoms with van der Waals surface area (Å²) in [5, 5.41) is 19.6. The van der Waals surface area contributed by atoms with E-state index < -0.39 is 11.2 Å². The van der Waals surface area contributed by atoms with Crippen molar-refractivity contribution in [3.05, 3.63) is 63.3 Å². The van der Waals surface area contributed by atoms with Crippen LogP contribution in [0, 0.1) is 0 Å². The number of nitrogens with zero attached hydrogens (tertiary/aromatic N) is 1. The van der Waals surface area contributed by atoms with Gasteiger partial charge in [-0.05, 0) is 24.3 Å². The van der Waals surface area contributed by atoms with Crippen LogP contribution in [0.25, 0.3) is 16.6 Å². The summed E-state index contributed by atoms with van der Waals surface area (Å²) in [5.41, 5.74) is -1.18. The number of benzene rings is 2. The van der Waals surface area contributed by atoms with Crippen LogP contribution in [0.3, 0.4) is 0 Å². The zero-order valence-corrected chi connectivity index (χ0v) is 10.2. The third-order valence-electron chi connectivity index (χ3n) is 3.03. The Kier molecular flexibility index (Phi) is 2.57. The molecule has 0 spiro atoms. The molecule has 20 heavy (non-hydrogen) atoms. The summed E-state index contributed by atoms with van der Waals surface area (Å²) in [6.07, 6.45) is 0. The first-order valence-electron chi connectivity index (χ1n) is 5.85. The normalized spacial score (nSPS) is 10.8. The molecule has 0 aliphatic carbocycles. The molecule has 100 valence electrons. The first-order valence-corrected chi connectivity index (χ1v) is 5.85. The predicted octanol–water partition coefficient (Wildman–Crippen LogP) is 1.09. The monoisotopic (exact) mass is 270 g/mol. The third kappa shape index (κ3) is 1.66. The van der Waals surface area contributed by atoms with Gasteiger partial charge in [0.05, 0.1) is 16.6 Å². The third-order valence-corrected chi connectivity index (χ3v) is 3.03. The molecule has 0 bridgehead atoms. The quantitative estimate of drug-likeness (QED) is 0.616. The Morgan fingerprint density at radius 1 is 0.900 bits per heavy atom. The lowest BCUT2D eigenvalue weighted by Gasteiger charge is -2.08. The van der Waals surface area contributed by atoms with Gasteiger partial charge in [-0.2, -0.15) is 0 Å². The summed E-state index contributed by atoms with van der Waals surface area (Å²) in [6.45, 7) is 0. The molecule has 0 amide bonds. The van der Waals surface area contributed by atoms with Crippen LogP contribution in [0.4, 0.5) is 0 Å². The molecule has 0 aliphatic rings. The van der Waals surface area contributed by atoms with Gasteiger partial charge in [-0.25, -0.2) is 9.36 Å². The molecule has 0 unspecified atom stereocenters. The van der Waals surface area contributed by atoms with Gasteiger partial charge >= 0.3 is 5.69 Å². The Labute approximate surface area is 112 Å². The SMILES string of the molecule is O=c1[nH]c2c(O)cccc2c(=O)n1-c1ccccc1O. The van der Waals surface area contributed by atoms with Crippen molar-refractivity contribution < 1.29 is 10.2 Å². The fraction of sp³-hybridized carbons (Fsp3) is 0. The first-order chi connectivity index (χ1) is 9.59. The molecule has 0 atom stereocenters. The number of H-pyrrole nitrogens is 1. The van der Waals surface area contributed by atoms with Crippen LogP contribution in [0.15, 0.2) is 52.1 Å². The number of phenolic OH excluding ortho intramolecular Hbond substituents is 2. The van der Waals surface area contributed by atoms with Crippen molar-refractivity contribution in [2.75, 3.05) is 0 Å². The Morgan fingerprint density at radius 2 is 1.60 bits per heavy atom.